The topological polar surface area (TPSA) is 42.1 Å². The Morgan fingerprint density at radius 1 is 1.44 bits per heavy atom. The predicted octanol–water partition coefficient (Wildman–Crippen LogP) is 3.94. The summed E-state index contributed by atoms with van der Waals surface area (Å²) in [5, 5.41) is 1.14. The summed E-state index contributed by atoms with van der Waals surface area (Å²) in [7, 11) is 0. The van der Waals surface area contributed by atoms with Crippen molar-refractivity contribution >= 4 is 33.3 Å². The zero-order chi connectivity index (χ0) is 12.5. The molecule has 1 N–H and O–H groups in total. The van der Waals surface area contributed by atoms with E-state index in [-0.39, 0.29) is 6.10 Å². The van der Waals surface area contributed by atoms with Gasteiger partial charge in [-0.2, -0.15) is 0 Å². The van der Waals surface area contributed by atoms with Crippen molar-refractivity contribution in [3.05, 3.63) is 34.4 Å². The van der Waals surface area contributed by atoms with Crippen LogP contribution in [0.1, 0.15) is 30.9 Å². The van der Waals surface area contributed by atoms with Crippen LogP contribution in [0.25, 0.3) is 10.9 Å². The number of fused-ring (bicyclic) bond motifs is 1. The van der Waals surface area contributed by atoms with E-state index in [1.54, 1.807) is 0 Å². The maximum atomic E-state index is 10.8. The first-order chi connectivity index (χ1) is 8.79. The van der Waals surface area contributed by atoms with E-state index in [4.69, 9.17) is 4.74 Å². The van der Waals surface area contributed by atoms with Crippen LogP contribution < -0.4 is 0 Å². The Hall–Kier alpha value is -1.29. The highest BCUT2D eigenvalue weighted by Crippen LogP contribution is 2.42. The van der Waals surface area contributed by atoms with Gasteiger partial charge in [-0.3, -0.25) is 4.79 Å². The molecule has 0 bridgehead atoms. The second-order valence-electron chi connectivity index (χ2n) is 4.78. The van der Waals surface area contributed by atoms with E-state index in [9.17, 15) is 4.79 Å². The number of hydrogen-bond donors (Lipinski definition) is 1. The molecule has 3 nitrogen and oxygen atoms in total. The van der Waals surface area contributed by atoms with Crippen molar-refractivity contribution in [1.82, 2.24) is 4.98 Å². The van der Waals surface area contributed by atoms with E-state index in [0.717, 1.165) is 33.8 Å². The first-order valence-corrected chi connectivity index (χ1v) is 6.94. The Morgan fingerprint density at radius 2 is 2.28 bits per heavy atom. The predicted molar refractivity (Wildman–Crippen MR) is 73.2 cm³/mol. The monoisotopic (exact) mass is 307 g/mol. The number of aromatic nitrogens is 1. The standard InChI is InChI=1S/C14H14BrNO2/c15-10-6-12(11-4-5-16-13(11)7-10)14(18-8-17)9-2-1-3-9/h4-9,14,16H,1-3H2. The van der Waals surface area contributed by atoms with E-state index in [1.807, 2.05) is 18.3 Å². The molecular formula is C14H14BrNO2. The molecule has 1 aromatic carbocycles. The highest BCUT2D eigenvalue weighted by Gasteiger charge is 2.31. The third kappa shape index (κ3) is 1.94. The van der Waals surface area contributed by atoms with Crippen LogP contribution in [0.3, 0.4) is 0 Å². The van der Waals surface area contributed by atoms with E-state index in [1.165, 1.54) is 6.42 Å². The zero-order valence-electron chi connectivity index (χ0n) is 9.86. The lowest BCUT2D eigenvalue weighted by Gasteiger charge is -2.33. The average Bonchev–Trinajstić information content (AvgIpc) is 2.72. The molecular weight excluding hydrogens is 294 g/mol. The summed E-state index contributed by atoms with van der Waals surface area (Å²) < 4.78 is 6.35. The van der Waals surface area contributed by atoms with E-state index >= 15 is 0 Å². The molecule has 1 saturated carbocycles. The second kappa shape index (κ2) is 4.76. The molecule has 1 unspecified atom stereocenters. The molecule has 1 atom stereocenters. The number of carbonyl (C=O) groups excluding carboxylic acids is 1. The summed E-state index contributed by atoms with van der Waals surface area (Å²) in [5.41, 5.74) is 2.16. The number of nitrogens with one attached hydrogen (secondary N) is 1. The van der Waals surface area contributed by atoms with Gasteiger partial charge in [0.1, 0.15) is 6.10 Å². The number of hydrogen-bond acceptors (Lipinski definition) is 2. The van der Waals surface area contributed by atoms with Gasteiger partial charge in [0.15, 0.2) is 0 Å². The van der Waals surface area contributed by atoms with Crippen LogP contribution in [0, 0.1) is 5.92 Å². The molecule has 2 aromatic rings. The minimum atomic E-state index is -0.118. The number of rotatable bonds is 4. The molecule has 1 aromatic heterocycles. The van der Waals surface area contributed by atoms with Crippen LogP contribution in [-0.4, -0.2) is 11.5 Å². The number of H-pyrrole nitrogens is 1. The van der Waals surface area contributed by atoms with Gasteiger partial charge in [-0.1, -0.05) is 22.4 Å². The highest BCUT2D eigenvalue weighted by molar-refractivity contribution is 9.10. The van der Waals surface area contributed by atoms with Crippen LogP contribution in [-0.2, 0) is 9.53 Å². The van der Waals surface area contributed by atoms with Crippen LogP contribution in [0.2, 0.25) is 0 Å². The van der Waals surface area contributed by atoms with Crippen molar-refractivity contribution < 1.29 is 9.53 Å². The maximum absolute atomic E-state index is 10.8. The SMILES string of the molecule is O=COC(c1cc(Br)cc2[nH]ccc12)C1CCC1. The smallest absolute Gasteiger partial charge is 0.293 e. The number of carbonyl (C=O) groups is 1. The zero-order valence-corrected chi connectivity index (χ0v) is 11.4. The first-order valence-electron chi connectivity index (χ1n) is 6.15. The van der Waals surface area contributed by atoms with Gasteiger partial charge < -0.3 is 9.72 Å². The van der Waals surface area contributed by atoms with Gasteiger partial charge in [0.25, 0.3) is 6.47 Å². The molecule has 4 heteroatoms. The molecule has 0 amide bonds. The normalized spacial score (nSPS) is 17.4. The lowest BCUT2D eigenvalue weighted by molar-refractivity contribution is -0.138. The maximum Gasteiger partial charge on any atom is 0.293 e. The highest BCUT2D eigenvalue weighted by atomic mass is 79.9. The fourth-order valence-corrected chi connectivity index (χ4v) is 3.11. The summed E-state index contributed by atoms with van der Waals surface area (Å²) in [6, 6.07) is 6.14. The van der Waals surface area contributed by atoms with Gasteiger partial charge in [0.2, 0.25) is 0 Å². The summed E-state index contributed by atoms with van der Waals surface area (Å²) >= 11 is 3.51. The van der Waals surface area contributed by atoms with E-state index in [2.05, 4.69) is 27.0 Å². The number of halogens is 1. The van der Waals surface area contributed by atoms with Crippen molar-refractivity contribution in [2.75, 3.05) is 0 Å². The number of benzene rings is 1. The van der Waals surface area contributed by atoms with Crippen LogP contribution in [0.15, 0.2) is 28.9 Å². The Balaban J connectivity index is 2.09. The lowest BCUT2D eigenvalue weighted by atomic mass is 9.78. The third-order valence-corrected chi connectivity index (χ3v) is 4.21. The number of aromatic amines is 1. The van der Waals surface area contributed by atoms with Crippen molar-refractivity contribution in [2.45, 2.75) is 25.4 Å². The van der Waals surface area contributed by atoms with Gasteiger partial charge in [-0.05, 0) is 31.0 Å². The summed E-state index contributed by atoms with van der Waals surface area (Å²) in [6.45, 7) is 0.572. The lowest BCUT2D eigenvalue weighted by Crippen LogP contribution is -2.22. The first kappa shape index (κ1) is 11.8. The van der Waals surface area contributed by atoms with Crippen molar-refractivity contribution in [3.8, 4) is 0 Å². The fourth-order valence-electron chi connectivity index (χ4n) is 2.64. The van der Waals surface area contributed by atoms with Gasteiger partial charge in [-0.25, -0.2) is 0 Å². The summed E-state index contributed by atoms with van der Waals surface area (Å²) in [4.78, 5) is 13.9. The minimum absolute atomic E-state index is 0.118. The molecule has 0 saturated heterocycles. The van der Waals surface area contributed by atoms with Crippen molar-refractivity contribution in [1.29, 1.82) is 0 Å². The Bertz CT molecular complexity index is 574. The Labute approximate surface area is 114 Å². The molecule has 1 aliphatic rings. The van der Waals surface area contributed by atoms with Gasteiger partial charge >= 0.3 is 0 Å². The molecule has 0 aliphatic heterocycles. The molecule has 94 valence electrons. The quantitative estimate of drug-likeness (QED) is 0.869. The molecule has 0 radical (unpaired) electrons. The van der Waals surface area contributed by atoms with Crippen LogP contribution >= 0.6 is 15.9 Å². The van der Waals surface area contributed by atoms with E-state index < -0.39 is 0 Å². The Morgan fingerprint density at radius 3 is 2.94 bits per heavy atom. The van der Waals surface area contributed by atoms with Crippen LogP contribution in [0.5, 0.6) is 0 Å². The van der Waals surface area contributed by atoms with Gasteiger partial charge in [-0.15, -0.1) is 0 Å². The fraction of sp³-hybridized carbons (Fsp3) is 0.357. The Kier molecular flexibility index (Phi) is 3.12. The van der Waals surface area contributed by atoms with Crippen molar-refractivity contribution in [3.63, 3.8) is 0 Å². The molecule has 1 aliphatic carbocycles. The van der Waals surface area contributed by atoms with Crippen LogP contribution in [0.4, 0.5) is 0 Å². The average molecular weight is 308 g/mol. The number of ether oxygens (including phenoxy) is 1. The summed E-state index contributed by atoms with van der Waals surface area (Å²) in [5.74, 6) is 0.461. The van der Waals surface area contributed by atoms with E-state index in [0.29, 0.717) is 12.4 Å². The van der Waals surface area contributed by atoms with Crippen molar-refractivity contribution in [2.24, 2.45) is 5.92 Å². The third-order valence-electron chi connectivity index (χ3n) is 3.75. The molecule has 18 heavy (non-hydrogen) atoms. The molecule has 0 spiro atoms. The summed E-state index contributed by atoms with van der Waals surface area (Å²) in [6.07, 6.45) is 5.30. The minimum Gasteiger partial charge on any atom is -0.459 e. The molecule has 1 fully saturated rings. The molecule has 3 rings (SSSR count). The van der Waals surface area contributed by atoms with Gasteiger partial charge in [0.05, 0.1) is 0 Å². The second-order valence-corrected chi connectivity index (χ2v) is 5.69. The van der Waals surface area contributed by atoms with Gasteiger partial charge in [0, 0.05) is 33.1 Å². The largest absolute Gasteiger partial charge is 0.459 e. The molecule has 1 heterocycles.